The van der Waals surface area contributed by atoms with Crippen molar-refractivity contribution in [1.29, 1.82) is 0 Å². The van der Waals surface area contributed by atoms with E-state index in [0.29, 0.717) is 11.9 Å². The maximum Gasteiger partial charge on any atom is 0.136 e. The Balaban J connectivity index is 2.08. The Kier molecular flexibility index (Phi) is 3.85. The molecule has 0 aliphatic carbocycles. The molecule has 1 atom stereocenters. The quantitative estimate of drug-likeness (QED) is 0.798. The van der Waals surface area contributed by atoms with Gasteiger partial charge in [0, 0.05) is 36.3 Å². The first-order valence-corrected chi connectivity index (χ1v) is 8.23. The largest absolute Gasteiger partial charge is 0.355 e. The fourth-order valence-corrected chi connectivity index (χ4v) is 4.11. The van der Waals surface area contributed by atoms with Crippen molar-refractivity contribution in [2.75, 3.05) is 23.5 Å². The van der Waals surface area contributed by atoms with E-state index in [4.69, 9.17) is 11.6 Å². The van der Waals surface area contributed by atoms with Crippen LogP contribution in [0.4, 0.5) is 5.82 Å². The highest BCUT2D eigenvalue weighted by Gasteiger charge is 2.22. The molecule has 0 spiro atoms. The number of alkyl halides is 1. The van der Waals surface area contributed by atoms with Gasteiger partial charge < -0.3 is 4.90 Å². The van der Waals surface area contributed by atoms with Crippen LogP contribution in [0.1, 0.15) is 12.0 Å². The second-order valence-corrected chi connectivity index (χ2v) is 6.33. The second kappa shape index (κ2) is 5.59. The first-order chi connectivity index (χ1) is 9.31. The van der Waals surface area contributed by atoms with Crippen LogP contribution in [0.15, 0.2) is 30.5 Å². The summed E-state index contributed by atoms with van der Waals surface area (Å²) in [5.74, 6) is 4.05. The monoisotopic (exact) mass is 292 g/mol. The van der Waals surface area contributed by atoms with Crippen LogP contribution in [0.25, 0.3) is 10.8 Å². The summed E-state index contributed by atoms with van der Waals surface area (Å²) in [6.45, 7) is 0. The third-order valence-corrected chi connectivity index (χ3v) is 5.22. The van der Waals surface area contributed by atoms with Crippen LogP contribution in [0.3, 0.4) is 0 Å². The van der Waals surface area contributed by atoms with Gasteiger partial charge in [-0.1, -0.05) is 24.3 Å². The summed E-state index contributed by atoms with van der Waals surface area (Å²) in [4.78, 5) is 6.99. The number of thioether (sulfide) groups is 1. The number of pyridine rings is 1. The highest BCUT2D eigenvalue weighted by Crippen LogP contribution is 2.31. The number of hydrogen-bond acceptors (Lipinski definition) is 3. The van der Waals surface area contributed by atoms with Crippen LogP contribution in [-0.2, 0) is 5.88 Å². The molecule has 1 saturated heterocycles. The molecule has 0 N–H and O–H groups in total. The summed E-state index contributed by atoms with van der Waals surface area (Å²) in [5.41, 5.74) is 1.11. The Bertz CT molecular complexity index is 581. The number of hydrogen-bond donors (Lipinski definition) is 0. The van der Waals surface area contributed by atoms with Gasteiger partial charge >= 0.3 is 0 Å². The van der Waals surface area contributed by atoms with Crippen LogP contribution < -0.4 is 4.90 Å². The lowest BCUT2D eigenvalue weighted by atomic mass is 10.1. The Morgan fingerprint density at radius 3 is 2.84 bits per heavy atom. The van der Waals surface area contributed by atoms with Crippen molar-refractivity contribution in [3.8, 4) is 0 Å². The third kappa shape index (κ3) is 2.41. The minimum Gasteiger partial charge on any atom is -0.355 e. The number of aromatic nitrogens is 1. The molecule has 0 saturated carbocycles. The predicted molar refractivity (Wildman–Crippen MR) is 85.4 cm³/mol. The molecule has 1 aromatic heterocycles. The zero-order valence-electron chi connectivity index (χ0n) is 11.0. The fraction of sp³-hybridized carbons (Fsp3) is 0.400. The number of nitrogens with zero attached hydrogens (tertiary/aromatic N) is 2. The van der Waals surface area contributed by atoms with Gasteiger partial charge in [0.15, 0.2) is 0 Å². The van der Waals surface area contributed by atoms with E-state index in [1.807, 2.05) is 18.0 Å². The summed E-state index contributed by atoms with van der Waals surface area (Å²) < 4.78 is 0. The first kappa shape index (κ1) is 13.1. The average Bonchev–Trinajstić information content (AvgIpc) is 2.99. The standard InChI is InChI=1S/C15H17ClN2S/c1-18(12-6-7-19-10-12)15-14-5-3-2-4-13(14)11(8-16)9-17-15/h2-5,9,12H,6-8,10H2,1H3. The lowest BCUT2D eigenvalue weighted by Gasteiger charge is -2.26. The molecule has 1 aromatic carbocycles. The van der Waals surface area contributed by atoms with E-state index >= 15 is 0 Å². The Morgan fingerprint density at radius 2 is 2.16 bits per heavy atom. The Morgan fingerprint density at radius 1 is 1.37 bits per heavy atom. The van der Waals surface area contributed by atoms with E-state index in [1.165, 1.54) is 28.7 Å². The van der Waals surface area contributed by atoms with E-state index < -0.39 is 0 Å². The molecule has 1 aliphatic rings. The topological polar surface area (TPSA) is 16.1 Å². The molecule has 4 heteroatoms. The lowest BCUT2D eigenvalue weighted by Crippen LogP contribution is -2.32. The summed E-state index contributed by atoms with van der Waals surface area (Å²) in [7, 11) is 2.16. The van der Waals surface area contributed by atoms with Gasteiger partial charge in [-0.25, -0.2) is 4.98 Å². The first-order valence-electron chi connectivity index (χ1n) is 6.54. The van der Waals surface area contributed by atoms with Crippen LogP contribution in [0.5, 0.6) is 0 Å². The van der Waals surface area contributed by atoms with Gasteiger partial charge in [0.25, 0.3) is 0 Å². The molecular formula is C15H17ClN2S. The smallest absolute Gasteiger partial charge is 0.136 e. The van der Waals surface area contributed by atoms with Crippen molar-refractivity contribution in [2.24, 2.45) is 0 Å². The number of halogens is 1. The second-order valence-electron chi connectivity index (χ2n) is 4.91. The zero-order valence-corrected chi connectivity index (χ0v) is 12.5. The lowest BCUT2D eigenvalue weighted by molar-refractivity contribution is 0.694. The highest BCUT2D eigenvalue weighted by molar-refractivity contribution is 7.99. The van der Waals surface area contributed by atoms with Crippen LogP contribution >= 0.6 is 23.4 Å². The molecule has 2 aromatic rings. The number of benzene rings is 1. The Labute approximate surface area is 123 Å². The maximum atomic E-state index is 6.01. The van der Waals surface area contributed by atoms with Crippen molar-refractivity contribution in [1.82, 2.24) is 4.98 Å². The van der Waals surface area contributed by atoms with Gasteiger partial charge in [-0.05, 0) is 23.1 Å². The van der Waals surface area contributed by atoms with Crippen molar-refractivity contribution in [2.45, 2.75) is 18.3 Å². The van der Waals surface area contributed by atoms with Gasteiger partial charge in [0.05, 0.1) is 0 Å². The average molecular weight is 293 g/mol. The van der Waals surface area contributed by atoms with Gasteiger partial charge in [-0.15, -0.1) is 11.6 Å². The molecule has 0 radical (unpaired) electrons. The van der Waals surface area contributed by atoms with E-state index in [-0.39, 0.29) is 0 Å². The van der Waals surface area contributed by atoms with E-state index in [1.54, 1.807) is 0 Å². The summed E-state index contributed by atoms with van der Waals surface area (Å²) >= 11 is 8.04. The fourth-order valence-electron chi connectivity index (χ4n) is 2.62. The third-order valence-electron chi connectivity index (χ3n) is 3.79. The normalized spacial score (nSPS) is 18.9. The zero-order chi connectivity index (χ0) is 13.2. The minimum absolute atomic E-state index is 0.511. The predicted octanol–water partition coefficient (Wildman–Crippen LogP) is 3.92. The van der Waals surface area contributed by atoms with Crippen molar-refractivity contribution >= 4 is 40.0 Å². The molecule has 19 heavy (non-hydrogen) atoms. The molecule has 2 heterocycles. The number of rotatable bonds is 3. The van der Waals surface area contributed by atoms with Crippen LogP contribution in [0, 0.1) is 0 Å². The van der Waals surface area contributed by atoms with Crippen LogP contribution in [-0.4, -0.2) is 29.6 Å². The molecule has 1 unspecified atom stereocenters. The molecule has 3 rings (SSSR count). The number of anilines is 1. The van der Waals surface area contributed by atoms with Crippen molar-refractivity contribution in [3.63, 3.8) is 0 Å². The maximum absolute atomic E-state index is 6.01. The molecule has 1 aliphatic heterocycles. The SMILES string of the molecule is CN(c1ncc(CCl)c2ccccc12)C1CCSC1. The van der Waals surface area contributed by atoms with Gasteiger partial charge in [-0.3, -0.25) is 0 Å². The molecule has 2 nitrogen and oxygen atoms in total. The molecular weight excluding hydrogens is 276 g/mol. The highest BCUT2D eigenvalue weighted by atomic mass is 35.5. The summed E-state index contributed by atoms with van der Waals surface area (Å²) in [6, 6.07) is 9.01. The van der Waals surface area contributed by atoms with Gasteiger partial charge in [0.1, 0.15) is 5.82 Å². The summed E-state index contributed by atoms with van der Waals surface area (Å²) in [5, 5.41) is 2.43. The van der Waals surface area contributed by atoms with Crippen LogP contribution in [0.2, 0.25) is 0 Å². The number of fused-ring (bicyclic) bond motifs is 1. The van der Waals surface area contributed by atoms with Gasteiger partial charge in [0.2, 0.25) is 0 Å². The molecule has 0 amide bonds. The van der Waals surface area contributed by atoms with E-state index in [0.717, 1.165) is 11.4 Å². The summed E-state index contributed by atoms with van der Waals surface area (Å²) in [6.07, 6.45) is 3.16. The molecule has 1 fully saturated rings. The van der Waals surface area contributed by atoms with Gasteiger partial charge in [-0.2, -0.15) is 11.8 Å². The van der Waals surface area contributed by atoms with Crippen molar-refractivity contribution < 1.29 is 0 Å². The van der Waals surface area contributed by atoms with E-state index in [9.17, 15) is 0 Å². The Hall–Kier alpha value is -0.930. The van der Waals surface area contributed by atoms with Crippen molar-refractivity contribution in [3.05, 3.63) is 36.0 Å². The molecule has 0 bridgehead atoms. The van der Waals surface area contributed by atoms with E-state index in [2.05, 4.69) is 41.2 Å². The minimum atomic E-state index is 0.511. The molecule has 100 valence electrons.